The van der Waals surface area contributed by atoms with Crippen molar-refractivity contribution in [2.75, 3.05) is 0 Å². The maximum Gasteiger partial charge on any atom is 0.345 e. The van der Waals surface area contributed by atoms with E-state index in [1.165, 1.54) is 11.3 Å². The molecule has 0 aliphatic heterocycles. The van der Waals surface area contributed by atoms with Crippen LogP contribution in [0, 0.1) is 0 Å². The van der Waals surface area contributed by atoms with E-state index in [4.69, 9.17) is 33.0 Å². The van der Waals surface area contributed by atoms with Gasteiger partial charge in [0, 0.05) is 4.88 Å². The summed E-state index contributed by atoms with van der Waals surface area (Å²) in [6.07, 6.45) is 0. The molecule has 2 aromatic carbocycles. The van der Waals surface area contributed by atoms with Crippen molar-refractivity contribution >= 4 is 40.5 Å². The van der Waals surface area contributed by atoms with Gasteiger partial charge in [-0.2, -0.15) is 0 Å². The summed E-state index contributed by atoms with van der Waals surface area (Å²) in [5.74, 6) is -0.129. The van der Waals surface area contributed by atoms with Crippen molar-refractivity contribution in [1.29, 1.82) is 0 Å². The third kappa shape index (κ3) is 4.50. The molecular formula is C23H19Cl2N3O3S. The first-order chi connectivity index (χ1) is 15.3. The van der Waals surface area contributed by atoms with Crippen LogP contribution in [0.1, 0.15) is 40.8 Å². The smallest absolute Gasteiger partial charge is 0.345 e. The van der Waals surface area contributed by atoms with E-state index >= 15 is 0 Å². The summed E-state index contributed by atoms with van der Waals surface area (Å²) in [6, 6.07) is 16.2. The molecule has 0 saturated heterocycles. The topological polar surface area (TPSA) is 77.2 Å². The van der Waals surface area contributed by atoms with Crippen molar-refractivity contribution in [2.24, 2.45) is 0 Å². The van der Waals surface area contributed by atoms with Crippen molar-refractivity contribution in [3.05, 3.63) is 80.9 Å². The average molecular weight is 488 g/mol. The number of hydrogen-bond donors (Lipinski definition) is 1. The number of carboxylic acids is 1. The van der Waals surface area contributed by atoms with Gasteiger partial charge in [-0.25, -0.2) is 9.48 Å². The van der Waals surface area contributed by atoms with Gasteiger partial charge in [0.2, 0.25) is 0 Å². The Kier molecular flexibility index (Phi) is 6.50. The van der Waals surface area contributed by atoms with E-state index in [1.54, 1.807) is 35.0 Å². The first-order valence-electron chi connectivity index (χ1n) is 9.80. The minimum atomic E-state index is -0.925. The fraction of sp³-hybridized carbons (Fsp3) is 0.174. The number of thiophene rings is 1. The Balaban J connectivity index is 1.58. The number of nitrogens with zero attached hydrogens (tertiary/aromatic N) is 3. The van der Waals surface area contributed by atoms with Crippen molar-refractivity contribution in [2.45, 2.75) is 26.4 Å². The number of carboxylic acid groups (broad SMARTS) is 1. The molecule has 2 aromatic heterocycles. The van der Waals surface area contributed by atoms with E-state index in [-0.39, 0.29) is 12.5 Å². The Morgan fingerprint density at radius 3 is 2.38 bits per heavy atom. The zero-order valence-corrected chi connectivity index (χ0v) is 19.6. The van der Waals surface area contributed by atoms with E-state index in [1.807, 2.05) is 38.1 Å². The lowest BCUT2D eigenvalue weighted by Crippen LogP contribution is -2.09. The molecule has 9 heteroatoms. The molecule has 1 N–H and O–H groups in total. The molecule has 0 fully saturated rings. The third-order valence-corrected chi connectivity index (χ3v) is 6.55. The number of aromatic nitrogens is 3. The summed E-state index contributed by atoms with van der Waals surface area (Å²) in [4.78, 5) is 12.3. The van der Waals surface area contributed by atoms with E-state index in [9.17, 15) is 4.79 Å². The minimum absolute atomic E-state index is 0.133. The zero-order valence-electron chi connectivity index (χ0n) is 17.3. The van der Waals surface area contributed by atoms with Crippen LogP contribution in [0.2, 0.25) is 10.0 Å². The largest absolute Gasteiger partial charge is 0.487 e. The first-order valence-corrected chi connectivity index (χ1v) is 11.4. The fourth-order valence-corrected chi connectivity index (χ4v) is 4.65. The molecule has 0 amide bonds. The number of para-hydroxylation sites is 1. The summed E-state index contributed by atoms with van der Waals surface area (Å²) < 4.78 is 7.67. The van der Waals surface area contributed by atoms with Crippen LogP contribution in [0.3, 0.4) is 0 Å². The van der Waals surface area contributed by atoms with Gasteiger partial charge >= 0.3 is 5.97 Å². The number of benzene rings is 2. The molecule has 0 saturated carbocycles. The zero-order chi connectivity index (χ0) is 22.8. The van der Waals surface area contributed by atoms with Crippen LogP contribution in [0.25, 0.3) is 16.1 Å². The average Bonchev–Trinajstić information content (AvgIpc) is 3.40. The third-order valence-electron chi connectivity index (χ3n) is 4.82. The predicted molar refractivity (Wildman–Crippen MR) is 127 cm³/mol. The maximum absolute atomic E-state index is 11.1. The highest BCUT2D eigenvalue weighted by atomic mass is 35.5. The quantitative estimate of drug-likeness (QED) is 0.313. The highest BCUT2D eigenvalue weighted by Crippen LogP contribution is 2.32. The first kappa shape index (κ1) is 22.3. The molecule has 4 aromatic rings. The van der Waals surface area contributed by atoms with E-state index < -0.39 is 5.97 Å². The van der Waals surface area contributed by atoms with Crippen molar-refractivity contribution in [3.63, 3.8) is 0 Å². The van der Waals surface area contributed by atoms with Crippen LogP contribution < -0.4 is 4.74 Å². The lowest BCUT2D eigenvalue weighted by Gasteiger charge is -2.13. The van der Waals surface area contributed by atoms with Crippen LogP contribution >= 0.6 is 34.5 Å². The minimum Gasteiger partial charge on any atom is -0.487 e. The molecule has 0 aliphatic rings. The van der Waals surface area contributed by atoms with Crippen molar-refractivity contribution < 1.29 is 14.6 Å². The van der Waals surface area contributed by atoms with E-state index in [0.717, 1.165) is 21.8 Å². The summed E-state index contributed by atoms with van der Waals surface area (Å²) >= 11 is 14.0. The normalized spacial score (nSPS) is 11.2. The molecule has 0 radical (unpaired) electrons. The number of halogens is 2. The van der Waals surface area contributed by atoms with Crippen LogP contribution in [0.15, 0.2) is 54.6 Å². The predicted octanol–water partition coefficient (Wildman–Crippen LogP) is 6.70. The number of rotatable bonds is 7. The Bertz CT molecular complexity index is 1250. The Hall–Kier alpha value is -2.87. The Morgan fingerprint density at radius 1 is 1.09 bits per heavy atom. The maximum atomic E-state index is 11.1. The second-order valence-electron chi connectivity index (χ2n) is 7.34. The summed E-state index contributed by atoms with van der Waals surface area (Å²) in [7, 11) is 0. The molecule has 164 valence electrons. The molecule has 0 spiro atoms. The van der Waals surface area contributed by atoms with Crippen molar-refractivity contribution in [1.82, 2.24) is 15.0 Å². The summed E-state index contributed by atoms with van der Waals surface area (Å²) in [5, 5.41) is 18.7. The van der Waals surface area contributed by atoms with Crippen LogP contribution in [0.5, 0.6) is 5.75 Å². The molecule has 2 heterocycles. The number of hydrogen-bond acceptors (Lipinski definition) is 5. The summed E-state index contributed by atoms with van der Waals surface area (Å²) in [6.45, 7) is 4.30. The molecule has 0 bridgehead atoms. The van der Waals surface area contributed by atoms with E-state index in [0.29, 0.717) is 26.4 Å². The van der Waals surface area contributed by atoms with Gasteiger partial charge in [0.25, 0.3) is 0 Å². The standard InChI is InChI=1S/C23H19Cl2N3O3S/c1-13(2)21-18(28(27-26-21)22-16(24)4-3-5-17(22)25)12-31-15-8-6-14(7-9-15)19-10-11-20(32-19)23(29)30/h3-11,13H,12H2,1-2H3,(H,29,30). The van der Waals surface area contributed by atoms with Gasteiger partial charge < -0.3 is 9.84 Å². The molecule has 0 aliphatic carbocycles. The van der Waals surface area contributed by atoms with Gasteiger partial charge in [0.05, 0.1) is 15.7 Å². The monoisotopic (exact) mass is 487 g/mol. The van der Waals surface area contributed by atoms with Gasteiger partial charge in [0.15, 0.2) is 0 Å². The lowest BCUT2D eigenvalue weighted by molar-refractivity contribution is 0.0702. The molecule has 0 atom stereocenters. The van der Waals surface area contributed by atoms with Gasteiger partial charge in [-0.1, -0.05) is 48.3 Å². The van der Waals surface area contributed by atoms with E-state index in [2.05, 4.69) is 10.3 Å². The molecule has 6 nitrogen and oxygen atoms in total. The second-order valence-corrected chi connectivity index (χ2v) is 9.24. The lowest BCUT2D eigenvalue weighted by atomic mass is 10.1. The van der Waals surface area contributed by atoms with Gasteiger partial charge in [-0.15, -0.1) is 16.4 Å². The van der Waals surface area contributed by atoms with Gasteiger partial charge in [-0.3, -0.25) is 0 Å². The molecule has 32 heavy (non-hydrogen) atoms. The van der Waals surface area contributed by atoms with Crippen LogP contribution in [-0.2, 0) is 6.61 Å². The van der Waals surface area contributed by atoms with Gasteiger partial charge in [0.1, 0.15) is 28.6 Å². The Morgan fingerprint density at radius 2 is 1.78 bits per heavy atom. The van der Waals surface area contributed by atoms with Gasteiger partial charge in [-0.05, 0) is 60.0 Å². The Labute approximate surface area is 199 Å². The SMILES string of the molecule is CC(C)c1nnn(-c2c(Cl)cccc2Cl)c1COc1ccc(-c2ccc(C(=O)O)s2)cc1. The van der Waals surface area contributed by atoms with Crippen LogP contribution in [-0.4, -0.2) is 26.1 Å². The highest BCUT2D eigenvalue weighted by Gasteiger charge is 2.21. The fourth-order valence-electron chi connectivity index (χ4n) is 3.24. The highest BCUT2D eigenvalue weighted by molar-refractivity contribution is 7.17. The van der Waals surface area contributed by atoms with Crippen LogP contribution in [0.4, 0.5) is 0 Å². The van der Waals surface area contributed by atoms with Crippen molar-refractivity contribution in [3.8, 4) is 21.9 Å². The number of ether oxygens (including phenoxy) is 1. The number of carbonyl (C=O) groups is 1. The summed E-state index contributed by atoms with van der Waals surface area (Å²) in [5.41, 5.74) is 3.06. The molecule has 4 rings (SSSR count). The molecular weight excluding hydrogens is 469 g/mol. The molecule has 0 unspecified atom stereocenters. The number of aromatic carboxylic acids is 1. The second kappa shape index (κ2) is 9.32.